The molecule has 9 nitrogen and oxygen atoms in total. The molecule has 0 spiro atoms. The van der Waals surface area contributed by atoms with Gasteiger partial charge in [-0.2, -0.15) is 0 Å². The minimum Gasteiger partial charge on any atom is -0.507 e. The first kappa shape index (κ1) is 28.3. The number of methoxy groups -OCH3 is 1. The van der Waals surface area contributed by atoms with Crippen LogP contribution in [0.25, 0.3) is 5.76 Å². The predicted molar refractivity (Wildman–Crippen MR) is 154 cm³/mol. The van der Waals surface area contributed by atoms with Crippen molar-refractivity contribution >= 4 is 17.4 Å². The summed E-state index contributed by atoms with van der Waals surface area (Å²) in [4.78, 5) is 32.5. The van der Waals surface area contributed by atoms with Gasteiger partial charge in [-0.3, -0.25) is 9.59 Å². The number of benzene rings is 2. The largest absolute Gasteiger partial charge is 0.507 e. The van der Waals surface area contributed by atoms with E-state index in [0.717, 1.165) is 17.7 Å². The number of fused-ring (bicyclic) bond motifs is 1. The number of aliphatic hydroxyl groups excluding tert-OH is 1. The van der Waals surface area contributed by atoms with Gasteiger partial charge in [0.05, 0.1) is 31.7 Å². The van der Waals surface area contributed by atoms with E-state index in [1.54, 1.807) is 43.9 Å². The summed E-state index contributed by atoms with van der Waals surface area (Å²) in [5, 5.41) is 11.6. The summed E-state index contributed by atoms with van der Waals surface area (Å²) in [6.07, 6.45) is 7.51. The second-order valence-corrected chi connectivity index (χ2v) is 11.0. The van der Waals surface area contributed by atoms with Gasteiger partial charge in [-0.25, -0.2) is 4.98 Å². The first-order valence-corrected chi connectivity index (χ1v) is 14.1. The fourth-order valence-electron chi connectivity index (χ4n) is 5.40. The summed E-state index contributed by atoms with van der Waals surface area (Å²) in [7, 11) is 1.56. The first-order chi connectivity index (χ1) is 19.8. The van der Waals surface area contributed by atoms with Crippen molar-refractivity contribution in [2.45, 2.75) is 58.7 Å². The lowest BCUT2D eigenvalue weighted by Crippen LogP contribution is -2.31. The van der Waals surface area contributed by atoms with Crippen molar-refractivity contribution in [2.75, 3.05) is 20.3 Å². The van der Waals surface area contributed by atoms with Crippen LogP contribution in [0.15, 0.2) is 60.7 Å². The molecule has 2 aliphatic heterocycles. The molecular formula is C32H37N3O6. The van der Waals surface area contributed by atoms with Gasteiger partial charge in [0, 0.05) is 37.5 Å². The van der Waals surface area contributed by atoms with E-state index < -0.39 is 17.7 Å². The molecule has 0 bridgehead atoms. The molecule has 0 saturated carbocycles. The summed E-state index contributed by atoms with van der Waals surface area (Å²) in [6.45, 7) is 7.74. The van der Waals surface area contributed by atoms with Crippen molar-refractivity contribution in [1.29, 1.82) is 0 Å². The Kier molecular flexibility index (Phi) is 8.33. The molecule has 1 amide bonds. The van der Waals surface area contributed by atoms with E-state index in [0.29, 0.717) is 61.1 Å². The molecule has 1 saturated heterocycles. The molecule has 3 heterocycles. The number of nitrogens with zero attached hydrogens (tertiary/aromatic N) is 3. The normalized spacial score (nSPS) is 19.5. The number of aliphatic hydroxyl groups is 1. The number of hydrogen-bond donors (Lipinski definition) is 1. The summed E-state index contributed by atoms with van der Waals surface area (Å²) in [6, 6.07) is 9.99. The third-order valence-corrected chi connectivity index (χ3v) is 7.54. The zero-order valence-corrected chi connectivity index (χ0v) is 24.0. The number of aryl methyl sites for hydroxylation is 1. The van der Waals surface area contributed by atoms with Gasteiger partial charge in [-0.05, 0) is 67.1 Å². The Bertz CT molecular complexity index is 1450. The van der Waals surface area contributed by atoms with E-state index >= 15 is 0 Å². The number of carbonyl (C=O) groups is 2. The number of Topliss-reactive ketones (excluding diaryl/α,β-unsaturated/α-hetero) is 1. The van der Waals surface area contributed by atoms with Crippen LogP contribution in [-0.2, 0) is 22.6 Å². The maximum Gasteiger partial charge on any atom is 0.295 e. The highest BCUT2D eigenvalue weighted by Gasteiger charge is 2.46. The number of rotatable bonds is 11. The maximum atomic E-state index is 13.5. The highest BCUT2D eigenvalue weighted by atomic mass is 16.5. The van der Waals surface area contributed by atoms with Gasteiger partial charge in [0.15, 0.2) is 11.5 Å². The third-order valence-electron chi connectivity index (χ3n) is 7.54. The van der Waals surface area contributed by atoms with Crippen molar-refractivity contribution in [3.63, 3.8) is 0 Å². The van der Waals surface area contributed by atoms with Gasteiger partial charge in [-0.1, -0.05) is 19.9 Å². The summed E-state index contributed by atoms with van der Waals surface area (Å²) >= 11 is 0. The summed E-state index contributed by atoms with van der Waals surface area (Å²) in [5.74, 6) is 0.789. The van der Waals surface area contributed by atoms with Crippen LogP contribution < -0.4 is 14.2 Å². The quantitative estimate of drug-likeness (QED) is 0.197. The van der Waals surface area contributed by atoms with Gasteiger partial charge in [-0.15, -0.1) is 0 Å². The lowest BCUT2D eigenvalue weighted by molar-refractivity contribution is -0.139. The Morgan fingerprint density at radius 2 is 1.98 bits per heavy atom. The molecule has 1 aromatic heterocycles. The zero-order chi connectivity index (χ0) is 29.1. The van der Waals surface area contributed by atoms with E-state index in [1.807, 2.05) is 29.8 Å². The Hall–Kier alpha value is -4.27. The molecule has 0 unspecified atom stereocenters. The number of hydrogen-bond acceptors (Lipinski definition) is 7. The van der Waals surface area contributed by atoms with Gasteiger partial charge in [0.1, 0.15) is 17.6 Å². The molecule has 2 aliphatic rings. The SMILES string of the molecule is COc1cc([C@@H]2/C(=C(\O)c3ccc4c(c3)C[C@H](C)O4)C(=O)C(=O)N2CCCn2ccnc2)ccc1OCCC(C)C. The number of ketones is 1. The average molecular weight is 560 g/mol. The third kappa shape index (κ3) is 5.94. The summed E-state index contributed by atoms with van der Waals surface area (Å²) < 4.78 is 19.3. The molecule has 2 atom stereocenters. The number of aromatic nitrogens is 2. The second kappa shape index (κ2) is 12.1. The lowest BCUT2D eigenvalue weighted by Gasteiger charge is -2.26. The second-order valence-electron chi connectivity index (χ2n) is 11.0. The minimum atomic E-state index is -0.792. The van der Waals surface area contributed by atoms with Gasteiger partial charge in [0.25, 0.3) is 11.7 Å². The molecule has 1 N–H and O–H groups in total. The number of ether oxygens (including phenoxy) is 3. The van der Waals surface area contributed by atoms with Crippen molar-refractivity contribution < 1.29 is 28.9 Å². The Balaban J connectivity index is 1.52. The molecule has 216 valence electrons. The van der Waals surface area contributed by atoms with E-state index in [1.165, 1.54) is 4.90 Å². The van der Waals surface area contributed by atoms with Crippen molar-refractivity contribution in [2.24, 2.45) is 5.92 Å². The molecule has 2 aromatic carbocycles. The summed E-state index contributed by atoms with van der Waals surface area (Å²) in [5.41, 5.74) is 2.14. The van der Waals surface area contributed by atoms with Crippen LogP contribution in [0.4, 0.5) is 0 Å². The predicted octanol–water partition coefficient (Wildman–Crippen LogP) is 5.15. The molecule has 41 heavy (non-hydrogen) atoms. The molecule has 1 fully saturated rings. The standard InChI is InChI=1S/C32H37N3O6/c1-20(2)10-15-40-26-9-6-22(18-27(26)39-4)29-28(30(36)23-7-8-25-24(17-23)16-21(3)41-25)31(37)32(38)35(29)13-5-12-34-14-11-33-19-34/h6-9,11,14,17-21,29,36H,5,10,12-13,15-16H2,1-4H3/b30-28+/t21-,29+/m0/s1. The van der Waals surface area contributed by atoms with Crippen LogP contribution >= 0.6 is 0 Å². The Labute approximate surface area is 240 Å². The molecule has 0 aliphatic carbocycles. The maximum absolute atomic E-state index is 13.5. The number of carbonyl (C=O) groups excluding carboxylic acids is 2. The van der Waals surface area contributed by atoms with Crippen LogP contribution in [0.5, 0.6) is 17.2 Å². The topological polar surface area (TPSA) is 103 Å². The van der Waals surface area contributed by atoms with E-state index in [9.17, 15) is 14.7 Å². The number of amides is 1. The van der Waals surface area contributed by atoms with E-state index in [2.05, 4.69) is 18.8 Å². The van der Waals surface area contributed by atoms with Crippen molar-refractivity contribution in [3.8, 4) is 17.2 Å². The van der Waals surface area contributed by atoms with Crippen molar-refractivity contribution in [1.82, 2.24) is 14.5 Å². The monoisotopic (exact) mass is 559 g/mol. The Morgan fingerprint density at radius 1 is 1.15 bits per heavy atom. The van der Waals surface area contributed by atoms with Crippen LogP contribution in [0.3, 0.4) is 0 Å². The fourth-order valence-corrected chi connectivity index (χ4v) is 5.40. The van der Waals surface area contributed by atoms with Crippen molar-refractivity contribution in [3.05, 3.63) is 77.4 Å². The molecule has 3 aromatic rings. The smallest absolute Gasteiger partial charge is 0.295 e. The zero-order valence-electron chi connectivity index (χ0n) is 24.0. The number of likely N-dealkylation sites (tertiary alicyclic amines) is 1. The van der Waals surface area contributed by atoms with Gasteiger partial charge < -0.3 is 28.8 Å². The van der Waals surface area contributed by atoms with Crippen LogP contribution in [-0.4, -0.2) is 57.6 Å². The lowest BCUT2D eigenvalue weighted by atomic mass is 9.94. The van der Waals surface area contributed by atoms with E-state index in [4.69, 9.17) is 14.2 Å². The molecule has 0 radical (unpaired) electrons. The molecule has 9 heteroatoms. The van der Waals surface area contributed by atoms with Gasteiger partial charge in [0.2, 0.25) is 0 Å². The van der Waals surface area contributed by atoms with Crippen LogP contribution in [0, 0.1) is 5.92 Å². The molecular weight excluding hydrogens is 522 g/mol. The number of imidazole rings is 1. The van der Waals surface area contributed by atoms with Crippen LogP contribution in [0.1, 0.15) is 56.3 Å². The molecule has 5 rings (SSSR count). The van der Waals surface area contributed by atoms with Crippen LogP contribution in [0.2, 0.25) is 0 Å². The minimum absolute atomic E-state index is 0.0391. The highest BCUT2D eigenvalue weighted by Crippen LogP contribution is 2.43. The van der Waals surface area contributed by atoms with E-state index in [-0.39, 0.29) is 17.4 Å². The average Bonchev–Trinajstić information content (AvgIpc) is 3.66. The van der Waals surface area contributed by atoms with Gasteiger partial charge >= 0.3 is 0 Å². The Morgan fingerprint density at radius 3 is 2.71 bits per heavy atom. The fraction of sp³-hybridized carbons (Fsp3) is 0.406. The first-order valence-electron chi connectivity index (χ1n) is 14.1. The highest BCUT2D eigenvalue weighted by molar-refractivity contribution is 6.46.